The fourth-order valence-electron chi connectivity index (χ4n) is 3.29. The Hall–Kier alpha value is -4.53. The van der Waals surface area contributed by atoms with Gasteiger partial charge in [0.15, 0.2) is 0 Å². The normalized spacial score (nSPS) is 13.7. The summed E-state index contributed by atoms with van der Waals surface area (Å²) >= 11 is 0. The first kappa shape index (κ1) is 31.5. The predicted molar refractivity (Wildman–Crippen MR) is 132 cm³/mol. The van der Waals surface area contributed by atoms with E-state index in [4.69, 9.17) is 22.9 Å². The molecule has 1 aromatic rings. The van der Waals surface area contributed by atoms with Gasteiger partial charge in [-0.25, -0.2) is 4.79 Å². The number of amides is 6. The molecular weight excluding hydrogens is 502 g/mol. The monoisotopic (exact) mass is 535 g/mol. The number of aliphatic carboxylic acids is 1. The van der Waals surface area contributed by atoms with E-state index in [0.29, 0.717) is 0 Å². The number of primary amides is 3. The molecule has 38 heavy (non-hydrogen) atoms. The van der Waals surface area contributed by atoms with Gasteiger partial charge < -0.3 is 44.0 Å². The van der Waals surface area contributed by atoms with Crippen LogP contribution in [0.1, 0.15) is 37.7 Å². The second-order valence-corrected chi connectivity index (χ2v) is 8.50. The molecule has 15 nitrogen and oxygen atoms in total. The number of benzene rings is 1. The van der Waals surface area contributed by atoms with Crippen molar-refractivity contribution in [3.05, 3.63) is 35.9 Å². The van der Waals surface area contributed by atoms with E-state index in [1.54, 1.807) is 30.3 Å². The Balaban J connectivity index is 3.00. The van der Waals surface area contributed by atoms with Crippen LogP contribution in [0.5, 0.6) is 0 Å². The minimum Gasteiger partial charge on any atom is -0.480 e. The zero-order valence-electron chi connectivity index (χ0n) is 20.6. The van der Waals surface area contributed by atoms with Crippen molar-refractivity contribution in [2.24, 2.45) is 22.9 Å². The fourth-order valence-corrected chi connectivity index (χ4v) is 3.29. The van der Waals surface area contributed by atoms with Gasteiger partial charge in [-0.3, -0.25) is 28.8 Å². The van der Waals surface area contributed by atoms with E-state index in [1.807, 2.05) is 0 Å². The van der Waals surface area contributed by atoms with Crippen LogP contribution in [0, 0.1) is 0 Å². The third-order valence-corrected chi connectivity index (χ3v) is 5.28. The Morgan fingerprint density at radius 2 is 1.16 bits per heavy atom. The second kappa shape index (κ2) is 15.6. The molecule has 0 radical (unpaired) electrons. The number of hydrogen-bond donors (Lipinski definition) is 8. The first-order valence-corrected chi connectivity index (χ1v) is 11.6. The van der Waals surface area contributed by atoms with Gasteiger partial charge in [-0.05, 0) is 24.8 Å². The van der Waals surface area contributed by atoms with E-state index < -0.39 is 72.0 Å². The van der Waals surface area contributed by atoms with Crippen LogP contribution in [0.4, 0.5) is 0 Å². The summed E-state index contributed by atoms with van der Waals surface area (Å²) in [5.74, 6) is -6.82. The number of rotatable bonds is 17. The minimum atomic E-state index is -1.53. The third kappa shape index (κ3) is 11.9. The lowest BCUT2D eigenvalue weighted by Gasteiger charge is -2.24. The van der Waals surface area contributed by atoms with E-state index in [1.165, 1.54) is 0 Å². The highest BCUT2D eigenvalue weighted by atomic mass is 16.4. The topological polar surface area (TPSA) is 280 Å². The number of hydrogen-bond acceptors (Lipinski definition) is 8. The second-order valence-electron chi connectivity index (χ2n) is 8.50. The maximum atomic E-state index is 12.9. The van der Waals surface area contributed by atoms with E-state index >= 15 is 0 Å². The van der Waals surface area contributed by atoms with E-state index in [9.17, 15) is 38.7 Å². The van der Waals surface area contributed by atoms with Crippen molar-refractivity contribution in [2.75, 3.05) is 0 Å². The van der Waals surface area contributed by atoms with Crippen molar-refractivity contribution in [3.8, 4) is 0 Å². The van der Waals surface area contributed by atoms with Crippen LogP contribution < -0.4 is 38.9 Å². The Bertz CT molecular complexity index is 1030. The molecule has 0 saturated heterocycles. The van der Waals surface area contributed by atoms with Gasteiger partial charge >= 0.3 is 5.97 Å². The molecule has 15 heteroatoms. The van der Waals surface area contributed by atoms with Crippen molar-refractivity contribution in [2.45, 2.75) is 62.7 Å². The molecule has 0 spiro atoms. The molecule has 0 aliphatic rings. The molecule has 0 saturated carbocycles. The molecular formula is C23H33N7O8. The van der Waals surface area contributed by atoms with Crippen molar-refractivity contribution < 1.29 is 38.7 Å². The summed E-state index contributed by atoms with van der Waals surface area (Å²) in [7, 11) is 0. The van der Waals surface area contributed by atoms with Gasteiger partial charge in [-0.2, -0.15) is 0 Å². The summed E-state index contributed by atoms with van der Waals surface area (Å²) < 4.78 is 0. The predicted octanol–water partition coefficient (Wildman–Crippen LogP) is -3.50. The summed E-state index contributed by atoms with van der Waals surface area (Å²) in [6, 6.07) is 3.14. The van der Waals surface area contributed by atoms with Gasteiger partial charge in [-0.15, -0.1) is 0 Å². The standard InChI is InChI=1S/C23H33N7O8/c24-13(10-12-4-2-1-3-5-12)20(34)30-16(11-19(27)33)22(36)28-14(6-8-17(25)31)21(35)29-15(23(37)38)7-9-18(26)32/h1-5,13-16H,6-11,24H2,(H2,25,31)(H2,26,32)(H2,27,33)(H,28,36)(H,29,35)(H,30,34)(H,37,38). The first-order chi connectivity index (χ1) is 17.8. The zero-order chi connectivity index (χ0) is 28.8. The van der Waals surface area contributed by atoms with Crippen LogP contribution in [0.25, 0.3) is 0 Å². The molecule has 4 unspecified atom stereocenters. The Morgan fingerprint density at radius 3 is 1.66 bits per heavy atom. The Kier molecular flexibility index (Phi) is 12.9. The summed E-state index contributed by atoms with van der Waals surface area (Å²) in [5, 5.41) is 16.1. The van der Waals surface area contributed by atoms with Crippen LogP contribution in [-0.2, 0) is 40.0 Å². The first-order valence-electron chi connectivity index (χ1n) is 11.6. The lowest BCUT2D eigenvalue weighted by Crippen LogP contribution is -2.58. The molecule has 4 atom stereocenters. The van der Waals surface area contributed by atoms with Crippen LogP contribution in [0.15, 0.2) is 30.3 Å². The molecule has 6 amide bonds. The SMILES string of the molecule is NC(=O)CCC(NC(=O)C(CCC(N)=O)NC(=O)C(CC(N)=O)NC(=O)C(N)Cc1ccccc1)C(=O)O. The van der Waals surface area contributed by atoms with Crippen LogP contribution in [-0.4, -0.2) is 70.7 Å². The van der Waals surface area contributed by atoms with E-state index in [2.05, 4.69) is 16.0 Å². The molecule has 0 heterocycles. The van der Waals surface area contributed by atoms with Gasteiger partial charge in [0.2, 0.25) is 35.4 Å². The fraction of sp³-hybridized carbons (Fsp3) is 0.435. The highest BCUT2D eigenvalue weighted by Gasteiger charge is 2.31. The quantitative estimate of drug-likeness (QED) is 0.0980. The molecule has 0 bridgehead atoms. The van der Waals surface area contributed by atoms with Crippen molar-refractivity contribution in [3.63, 3.8) is 0 Å². The lowest BCUT2D eigenvalue weighted by molar-refractivity contribution is -0.143. The van der Waals surface area contributed by atoms with Crippen molar-refractivity contribution in [1.29, 1.82) is 0 Å². The smallest absolute Gasteiger partial charge is 0.326 e. The maximum absolute atomic E-state index is 12.9. The summed E-state index contributed by atoms with van der Waals surface area (Å²) in [6.07, 6.45) is -1.89. The largest absolute Gasteiger partial charge is 0.480 e. The number of nitrogens with two attached hydrogens (primary N) is 4. The number of carbonyl (C=O) groups is 7. The van der Waals surface area contributed by atoms with Crippen LogP contribution >= 0.6 is 0 Å². The zero-order valence-corrected chi connectivity index (χ0v) is 20.6. The van der Waals surface area contributed by atoms with Crippen LogP contribution in [0.2, 0.25) is 0 Å². The number of carbonyl (C=O) groups excluding carboxylic acids is 6. The van der Waals surface area contributed by atoms with Crippen LogP contribution in [0.3, 0.4) is 0 Å². The van der Waals surface area contributed by atoms with E-state index in [0.717, 1.165) is 5.56 Å². The highest BCUT2D eigenvalue weighted by Crippen LogP contribution is 2.06. The molecule has 0 fully saturated rings. The van der Waals surface area contributed by atoms with E-state index in [-0.39, 0.29) is 32.1 Å². The van der Waals surface area contributed by atoms with Gasteiger partial charge in [0.25, 0.3) is 0 Å². The van der Waals surface area contributed by atoms with Crippen molar-refractivity contribution in [1.82, 2.24) is 16.0 Å². The Morgan fingerprint density at radius 1 is 0.684 bits per heavy atom. The van der Waals surface area contributed by atoms with Gasteiger partial charge in [0, 0.05) is 12.8 Å². The maximum Gasteiger partial charge on any atom is 0.326 e. The summed E-state index contributed by atoms with van der Waals surface area (Å²) in [4.78, 5) is 83.6. The average Bonchev–Trinajstić information content (AvgIpc) is 2.83. The number of nitrogens with one attached hydrogen (secondary N) is 3. The number of carboxylic acids is 1. The summed E-state index contributed by atoms with van der Waals surface area (Å²) in [5.41, 5.74) is 22.0. The van der Waals surface area contributed by atoms with Crippen molar-refractivity contribution >= 4 is 41.4 Å². The molecule has 208 valence electrons. The molecule has 1 aromatic carbocycles. The lowest BCUT2D eigenvalue weighted by atomic mass is 10.0. The van der Waals surface area contributed by atoms with Gasteiger partial charge in [0.1, 0.15) is 18.1 Å². The average molecular weight is 536 g/mol. The van der Waals surface area contributed by atoms with Gasteiger partial charge in [0.05, 0.1) is 12.5 Å². The molecule has 1 rings (SSSR count). The molecule has 0 aliphatic heterocycles. The number of carboxylic acid groups (broad SMARTS) is 1. The molecule has 0 aliphatic carbocycles. The third-order valence-electron chi connectivity index (χ3n) is 5.28. The summed E-state index contributed by atoms with van der Waals surface area (Å²) in [6.45, 7) is 0. The molecule has 0 aromatic heterocycles. The minimum absolute atomic E-state index is 0.128. The highest BCUT2D eigenvalue weighted by molar-refractivity contribution is 5.96. The van der Waals surface area contributed by atoms with Gasteiger partial charge in [-0.1, -0.05) is 30.3 Å². The Labute approximate surface area is 218 Å². The molecule has 12 N–H and O–H groups in total.